The van der Waals surface area contributed by atoms with Crippen molar-refractivity contribution >= 4 is 5.91 Å². The van der Waals surface area contributed by atoms with E-state index in [4.69, 9.17) is 5.73 Å². The van der Waals surface area contributed by atoms with Crippen LogP contribution in [0.5, 0.6) is 0 Å². The van der Waals surface area contributed by atoms with Crippen LogP contribution in [-0.2, 0) is 0 Å². The van der Waals surface area contributed by atoms with Crippen molar-refractivity contribution in [3.63, 3.8) is 0 Å². The average molecular weight is 226 g/mol. The fourth-order valence-electron chi connectivity index (χ4n) is 1.42. The van der Waals surface area contributed by atoms with Crippen molar-refractivity contribution in [1.29, 1.82) is 0 Å². The number of carbonyl (C=O) groups excluding carboxylic acids is 1. The lowest BCUT2D eigenvalue weighted by Gasteiger charge is -2.15. The summed E-state index contributed by atoms with van der Waals surface area (Å²) in [5.41, 5.74) is 5.40. The topological polar surface area (TPSA) is 104 Å². The average Bonchev–Trinajstić information content (AvgIpc) is 2.70. The summed E-state index contributed by atoms with van der Waals surface area (Å²) in [5.74, 6) is -0.301. The van der Waals surface area contributed by atoms with Crippen molar-refractivity contribution in [3.05, 3.63) is 22.4 Å². The van der Waals surface area contributed by atoms with E-state index in [-0.39, 0.29) is 23.3 Å². The molecule has 1 amide bonds. The Morgan fingerprint density at radius 1 is 1.62 bits per heavy atom. The molecular formula is C10H18N4O2. The number of nitrogens with one attached hydrogen (secondary N) is 3. The molecule has 0 aliphatic carbocycles. The normalized spacial score (nSPS) is 12.4. The number of H-pyrrole nitrogens is 2. The predicted molar refractivity (Wildman–Crippen MR) is 61.2 cm³/mol. The first kappa shape index (κ1) is 12.5. The molecule has 5 N–H and O–H groups in total. The van der Waals surface area contributed by atoms with Crippen molar-refractivity contribution < 1.29 is 4.79 Å². The molecule has 6 nitrogen and oxygen atoms in total. The minimum atomic E-state index is -0.386. The van der Waals surface area contributed by atoms with E-state index >= 15 is 0 Å². The van der Waals surface area contributed by atoms with Gasteiger partial charge in [-0.3, -0.25) is 4.79 Å². The van der Waals surface area contributed by atoms with E-state index in [1.54, 1.807) is 0 Å². The Labute approximate surface area is 93.6 Å². The van der Waals surface area contributed by atoms with Crippen LogP contribution in [-0.4, -0.2) is 28.5 Å². The van der Waals surface area contributed by atoms with Crippen molar-refractivity contribution in [2.75, 3.05) is 6.54 Å². The predicted octanol–water partition coefficient (Wildman–Crippen LogP) is -0.0497. The number of amides is 1. The van der Waals surface area contributed by atoms with Crippen LogP contribution in [0.15, 0.2) is 11.0 Å². The van der Waals surface area contributed by atoms with Gasteiger partial charge in [-0.15, -0.1) is 0 Å². The minimum absolute atomic E-state index is 0.0362. The smallest absolute Gasteiger partial charge is 0.323 e. The van der Waals surface area contributed by atoms with Crippen molar-refractivity contribution in [3.8, 4) is 0 Å². The summed E-state index contributed by atoms with van der Waals surface area (Å²) in [5, 5.41) is 2.78. The second-order valence-corrected chi connectivity index (χ2v) is 3.70. The van der Waals surface area contributed by atoms with Crippen molar-refractivity contribution in [2.45, 2.75) is 32.2 Å². The van der Waals surface area contributed by atoms with Gasteiger partial charge in [0.1, 0.15) is 5.69 Å². The molecule has 1 rings (SSSR count). The van der Waals surface area contributed by atoms with E-state index in [1.807, 2.05) is 0 Å². The Bertz CT molecular complexity index is 382. The summed E-state index contributed by atoms with van der Waals surface area (Å²) in [6, 6.07) is -0.0362. The van der Waals surface area contributed by atoms with Gasteiger partial charge in [-0.05, 0) is 6.42 Å². The number of aromatic amines is 2. The molecule has 0 spiro atoms. The number of imidazole rings is 1. The summed E-state index contributed by atoms with van der Waals surface area (Å²) in [7, 11) is 0. The molecule has 0 saturated heterocycles. The maximum absolute atomic E-state index is 11.6. The zero-order chi connectivity index (χ0) is 12.0. The number of rotatable bonds is 6. The Balaban J connectivity index is 2.51. The third-order valence-electron chi connectivity index (χ3n) is 2.37. The second kappa shape index (κ2) is 6.12. The van der Waals surface area contributed by atoms with Gasteiger partial charge in [-0.1, -0.05) is 19.8 Å². The van der Waals surface area contributed by atoms with E-state index in [9.17, 15) is 9.59 Å². The largest absolute Gasteiger partial charge is 0.347 e. The monoisotopic (exact) mass is 226 g/mol. The Kier molecular flexibility index (Phi) is 4.78. The number of carbonyl (C=O) groups is 1. The summed E-state index contributed by atoms with van der Waals surface area (Å²) in [6.07, 6.45) is 4.29. The molecule has 6 heteroatoms. The third kappa shape index (κ3) is 3.54. The molecule has 1 atom stereocenters. The second-order valence-electron chi connectivity index (χ2n) is 3.70. The number of hydrogen-bond donors (Lipinski definition) is 4. The minimum Gasteiger partial charge on any atom is -0.347 e. The van der Waals surface area contributed by atoms with Crippen molar-refractivity contribution in [1.82, 2.24) is 15.3 Å². The quantitative estimate of drug-likeness (QED) is 0.546. The summed E-state index contributed by atoms with van der Waals surface area (Å²) >= 11 is 0. The first-order valence-electron chi connectivity index (χ1n) is 5.46. The molecule has 90 valence electrons. The highest BCUT2D eigenvalue weighted by Crippen LogP contribution is 2.00. The van der Waals surface area contributed by atoms with Crippen molar-refractivity contribution in [2.24, 2.45) is 5.73 Å². The van der Waals surface area contributed by atoms with Crippen LogP contribution in [0.3, 0.4) is 0 Å². The lowest BCUT2D eigenvalue weighted by Crippen LogP contribution is -2.40. The molecule has 16 heavy (non-hydrogen) atoms. The summed E-state index contributed by atoms with van der Waals surface area (Å²) in [4.78, 5) is 27.2. The molecule has 1 unspecified atom stereocenters. The van der Waals surface area contributed by atoms with Gasteiger partial charge in [-0.25, -0.2) is 4.79 Å². The van der Waals surface area contributed by atoms with E-state index in [0.717, 1.165) is 19.3 Å². The van der Waals surface area contributed by atoms with Crippen LogP contribution in [0, 0.1) is 0 Å². The van der Waals surface area contributed by atoms with Crippen LogP contribution in [0.25, 0.3) is 0 Å². The number of aromatic nitrogens is 2. The Morgan fingerprint density at radius 2 is 2.38 bits per heavy atom. The zero-order valence-corrected chi connectivity index (χ0v) is 9.38. The fourth-order valence-corrected chi connectivity index (χ4v) is 1.42. The van der Waals surface area contributed by atoms with Gasteiger partial charge < -0.3 is 21.0 Å². The van der Waals surface area contributed by atoms with E-state index in [1.165, 1.54) is 6.20 Å². The molecule has 0 aromatic carbocycles. The SMILES string of the molecule is CCCCC(CN)NC(=O)c1c[nH]c(=O)[nH]1. The van der Waals surface area contributed by atoms with Crippen LogP contribution < -0.4 is 16.7 Å². The molecule has 1 aromatic rings. The summed E-state index contributed by atoms with van der Waals surface area (Å²) < 4.78 is 0. The highest BCUT2D eigenvalue weighted by molar-refractivity contribution is 5.92. The van der Waals surface area contributed by atoms with Crippen LogP contribution in [0.1, 0.15) is 36.7 Å². The lowest BCUT2D eigenvalue weighted by atomic mass is 10.1. The van der Waals surface area contributed by atoms with Crippen LogP contribution in [0.2, 0.25) is 0 Å². The molecule has 0 aliphatic rings. The highest BCUT2D eigenvalue weighted by Gasteiger charge is 2.13. The van der Waals surface area contributed by atoms with Gasteiger partial charge in [0.2, 0.25) is 0 Å². The van der Waals surface area contributed by atoms with Gasteiger partial charge in [0.25, 0.3) is 5.91 Å². The van der Waals surface area contributed by atoms with E-state index in [0.29, 0.717) is 6.54 Å². The zero-order valence-electron chi connectivity index (χ0n) is 9.38. The van der Waals surface area contributed by atoms with E-state index in [2.05, 4.69) is 22.2 Å². The maximum Gasteiger partial charge on any atom is 0.323 e. The Morgan fingerprint density at radius 3 is 2.88 bits per heavy atom. The first-order valence-corrected chi connectivity index (χ1v) is 5.46. The third-order valence-corrected chi connectivity index (χ3v) is 2.37. The molecule has 0 radical (unpaired) electrons. The fraction of sp³-hybridized carbons (Fsp3) is 0.600. The Hall–Kier alpha value is -1.56. The summed E-state index contributed by atoms with van der Waals surface area (Å²) in [6.45, 7) is 2.49. The van der Waals surface area contributed by atoms with Crippen LogP contribution >= 0.6 is 0 Å². The molecule has 0 saturated carbocycles. The standard InChI is InChI=1S/C10H18N4O2/c1-2-3-4-7(5-11)13-9(15)8-6-12-10(16)14-8/h6-7H,2-5,11H2,1H3,(H,13,15)(H2,12,14,16). The van der Waals surface area contributed by atoms with Gasteiger partial charge in [0.05, 0.1) is 0 Å². The molecule has 0 bridgehead atoms. The molecular weight excluding hydrogens is 208 g/mol. The van der Waals surface area contributed by atoms with Gasteiger partial charge >= 0.3 is 5.69 Å². The van der Waals surface area contributed by atoms with Gasteiger partial charge in [0, 0.05) is 18.8 Å². The molecule has 0 fully saturated rings. The van der Waals surface area contributed by atoms with Gasteiger partial charge in [0.15, 0.2) is 0 Å². The molecule has 0 aliphatic heterocycles. The molecule has 1 aromatic heterocycles. The molecule has 1 heterocycles. The lowest BCUT2D eigenvalue weighted by molar-refractivity contribution is 0.0931. The number of unbranched alkanes of at least 4 members (excludes halogenated alkanes) is 1. The first-order chi connectivity index (χ1) is 7.67. The van der Waals surface area contributed by atoms with Crippen LogP contribution in [0.4, 0.5) is 0 Å². The number of hydrogen-bond acceptors (Lipinski definition) is 3. The maximum atomic E-state index is 11.6. The van der Waals surface area contributed by atoms with Gasteiger partial charge in [-0.2, -0.15) is 0 Å². The van der Waals surface area contributed by atoms with E-state index < -0.39 is 0 Å². The number of nitrogens with two attached hydrogens (primary N) is 1. The highest BCUT2D eigenvalue weighted by atomic mass is 16.2.